The average Bonchev–Trinajstić information content (AvgIpc) is 3.31. The lowest BCUT2D eigenvalue weighted by molar-refractivity contribution is -0.116. The van der Waals surface area contributed by atoms with Crippen LogP contribution in [0, 0.1) is 0 Å². The predicted octanol–water partition coefficient (Wildman–Crippen LogP) is 4.87. The number of rotatable bonds is 4. The van der Waals surface area contributed by atoms with Crippen molar-refractivity contribution in [2.45, 2.75) is 12.8 Å². The van der Waals surface area contributed by atoms with Gasteiger partial charge in [0.05, 0.1) is 29.9 Å². The molecule has 2 amide bonds. The first kappa shape index (κ1) is 18.3. The van der Waals surface area contributed by atoms with Crippen molar-refractivity contribution in [3.05, 3.63) is 76.6 Å². The fourth-order valence-electron chi connectivity index (χ4n) is 3.57. The van der Waals surface area contributed by atoms with Gasteiger partial charge in [-0.2, -0.15) is 0 Å². The number of fused-ring (bicyclic) bond motifs is 2. The SMILES string of the molecule is O=C(Cc1c[nH]c2ccccc12)Nc1ccc(C2=Nc3cscc3NC(=O)C2)cc1. The van der Waals surface area contributed by atoms with Gasteiger partial charge in [-0.05, 0) is 29.3 Å². The zero-order valence-corrected chi connectivity index (χ0v) is 16.8. The minimum absolute atomic E-state index is 0.0815. The molecule has 0 saturated carbocycles. The maximum atomic E-state index is 12.5. The van der Waals surface area contributed by atoms with Crippen LogP contribution in [0.5, 0.6) is 0 Å². The second-order valence-corrected chi connectivity index (χ2v) is 7.86. The number of nitrogens with zero attached hydrogens (tertiary/aromatic N) is 1. The molecule has 7 heteroatoms. The molecular formula is C23H18N4O2S. The van der Waals surface area contributed by atoms with Gasteiger partial charge in [0.15, 0.2) is 0 Å². The van der Waals surface area contributed by atoms with E-state index < -0.39 is 0 Å². The number of hydrogen-bond donors (Lipinski definition) is 3. The summed E-state index contributed by atoms with van der Waals surface area (Å²) in [7, 11) is 0. The van der Waals surface area contributed by atoms with E-state index in [-0.39, 0.29) is 18.2 Å². The van der Waals surface area contributed by atoms with E-state index >= 15 is 0 Å². The number of aromatic nitrogens is 1. The summed E-state index contributed by atoms with van der Waals surface area (Å²) in [4.78, 5) is 32.5. The quantitative estimate of drug-likeness (QED) is 0.445. The van der Waals surface area contributed by atoms with Crippen LogP contribution in [0.25, 0.3) is 10.9 Å². The molecule has 4 aromatic rings. The molecule has 1 aliphatic heterocycles. The lowest BCUT2D eigenvalue weighted by Crippen LogP contribution is -2.15. The molecule has 2 aromatic heterocycles. The third-order valence-electron chi connectivity index (χ3n) is 5.03. The van der Waals surface area contributed by atoms with Crippen molar-refractivity contribution >= 4 is 56.8 Å². The average molecular weight is 414 g/mol. The number of H-pyrrole nitrogens is 1. The van der Waals surface area contributed by atoms with E-state index in [1.807, 2.05) is 65.5 Å². The highest BCUT2D eigenvalue weighted by Gasteiger charge is 2.18. The third kappa shape index (κ3) is 3.62. The molecule has 0 aliphatic carbocycles. The first-order chi connectivity index (χ1) is 14.7. The Hall–Kier alpha value is -3.71. The number of aromatic amines is 1. The fourth-order valence-corrected chi connectivity index (χ4v) is 4.26. The van der Waals surface area contributed by atoms with Crippen LogP contribution in [0.15, 0.2) is 70.5 Å². The molecule has 0 unspecified atom stereocenters. The van der Waals surface area contributed by atoms with Gasteiger partial charge in [-0.3, -0.25) is 9.59 Å². The van der Waals surface area contributed by atoms with Crippen LogP contribution in [0.4, 0.5) is 17.1 Å². The Kier molecular flexibility index (Phi) is 4.65. The minimum Gasteiger partial charge on any atom is -0.361 e. The van der Waals surface area contributed by atoms with Crippen molar-refractivity contribution in [2.24, 2.45) is 4.99 Å². The van der Waals surface area contributed by atoms with Crippen molar-refractivity contribution in [3.8, 4) is 0 Å². The Morgan fingerprint density at radius 1 is 1.10 bits per heavy atom. The van der Waals surface area contributed by atoms with Gasteiger partial charge in [0.2, 0.25) is 11.8 Å². The van der Waals surface area contributed by atoms with Crippen LogP contribution in [-0.2, 0) is 16.0 Å². The van der Waals surface area contributed by atoms with Gasteiger partial charge >= 0.3 is 0 Å². The second kappa shape index (κ2) is 7.61. The predicted molar refractivity (Wildman–Crippen MR) is 121 cm³/mol. The second-order valence-electron chi connectivity index (χ2n) is 7.12. The Morgan fingerprint density at radius 3 is 2.80 bits per heavy atom. The van der Waals surface area contributed by atoms with Crippen LogP contribution in [-0.4, -0.2) is 22.5 Å². The molecule has 6 nitrogen and oxygen atoms in total. The number of carbonyl (C=O) groups excluding carboxylic acids is 2. The number of carbonyl (C=O) groups is 2. The van der Waals surface area contributed by atoms with Gasteiger partial charge in [-0.25, -0.2) is 4.99 Å². The molecule has 0 bridgehead atoms. The maximum Gasteiger partial charge on any atom is 0.230 e. The van der Waals surface area contributed by atoms with Crippen LogP contribution in [0.2, 0.25) is 0 Å². The molecule has 0 saturated heterocycles. The number of nitrogens with one attached hydrogen (secondary N) is 3. The summed E-state index contributed by atoms with van der Waals surface area (Å²) < 4.78 is 0. The number of amides is 2. The van der Waals surface area contributed by atoms with Gasteiger partial charge < -0.3 is 15.6 Å². The number of thiophene rings is 1. The van der Waals surface area contributed by atoms with E-state index in [2.05, 4.69) is 20.6 Å². The molecule has 0 atom stereocenters. The van der Waals surface area contributed by atoms with Crippen molar-refractivity contribution in [1.82, 2.24) is 4.98 Å². The standard InChI is InChI=1S/C23H18N4O2S/c28-22(9-15-11-24-18-4-2-1-3-17(15)18)25-16-7-5-14(6-8-16)19-10-23(29)27-21-13-30-12-20(21)26-19/h1-8,11-13,24H,9-10H2,(H,25,28)(H,27,29). The van der Waals surface area contributed by atoms with Crippen LogP contribution in [0.1, 0.15) is 17.5 Å². The Bertz CT molecular complexity index is 1280. The molecule has 1 aliphatic rings. The summed E-state index contributed by atoms with van der Waals surface area (Å²) in [6, 6.07) is 15.4. The topological polar surface area (TPSA) is 86.3 Å². The molecule has 5 rings (SSSR count). The van der Waals surface area contributed by atoms with Crippen LogP contribution < -0.4 is 10.6 Å². The van der Waals surface area contributed by atoms with Gasteiger partial charge in [0.25, 0.3) is 0 Å². The van der Waals surface area contributed by atoms with E-state index in [4.69, 9.17) is 0 Å². The minimum atomic E-state index is -0.0818. The summed E-state index contributed by atoms with van der Waals surface area (Å²) in [5.41, 5.74) is 5.79. The summed E-state index contributed by atoms with van der Waals surface area (Å²) >= 11 is 1.50. The highest BCUT2D eigenvalue weighted by atomic mass is 32.1. The molecule has 0 radical (unpaired) electrons. The van der Waals surface area contributed by atoms with Crippen LogP contribution >= 0.6 is 11.3 Å². The molecular weight excluding hydrogens is 396 g/mol. The number of aliphatic imine (C=N–C) groups is 1. The largest absolute Gasteiger partial charge is 0.361 e. The summed E-state index contributed by atoms with van der Waals surface area (Å²) in [5, 5.41) is 10.7. The lowest BCUT2D eigenvalue weighted by Gasteiger charge is -2.08. The van der Waals surface area contributed by atoms with Gasteiger partial charge in [0, 0.05) is 33.5 Å². The Balaban J connectivity index is 1.30. The highest BCUT2D eigenvalue weighted by Crippen LogP contribution is 2.32. The molecule has 148 valence electrons. The number of benzene rings is 2. The molecule has 3 heterocycles. The van der Waals surface area contributed by atoms with E-state index in [1.165, 1.54) is 11.3 Å². The third-order valence-corrected chi connectivity index (χ3v) is 5.76. The summed E-state index contributed by atoms with van der Waals surface area (Å²) in [6.07, 6.45) is 2.38. The molecule has 30 heavy (non-hydrogen) atoms. The Labute approximate surface area is 176 Å². The molecule has 2 aromatic carbocycles. The van der Waals surface area contributed by atoms with E-state index in [0.29, 0.717) is 17.8 Å². The zero-order chi connectivity index (χ0) is 20.5. The molecule has 3 N–H and O–H groups in total. The molecule has 0 spiro atoms. The van der Waals surface area contributed by atoms with E-state index in [9.17, 15) is 9.59 Å². The monoisotopic (exact) mass is 414 g/mol. The molecule has 0 fully saturated rings. The van der Waals surface area contributed by atoms with Crippen molar-refractivity contribution < 1.29 is 9.59 Å². The Morgan fingerprint density at radius 2 is 1.93 bits per heavy atom. The lowest BCUT2D eigenvalue weighted by atomic mass is 10.1. The van der Waals surface area contributed by atoms with Crippen molar-refractivity contribution in [2.75, 3.05) is 10.6 Å². The first-order valence-corrected chi connectivity index (χ1v) is 10.5. The van der Waals surface area contributed by atoms with E-state index in [1.54, 1.807) is 0 Å². The smallest absolute Gasteiger partial charge is 0.230 e. The number of hydrogen-bond acceptors (Lipinski definition) is 4. The van der Waals surface area contributed by atoms with Gasteiger partial charge in [0.1, 0.15) is 0 Å². The summed E-state index contributed by atoms with van der Waals surface area (Å²) in [6.45, 7) is 0. The van der Waals surface area contributed by atoms with Gasteiger partial charge in [-0.15, -0.1) is 11.3 Å². The van der Waals surface area contributed by atoms with Crippen LogP contribution in [0.3, 0.4) is 0 Å². The maximum absolute atomic E-state index is 12.5. The highest BCUT2D eigenvalue weighted by molar-refractivity contribution is 7.09. The van der Waals surface area contributed by atoms with E-state index in [0.717, 1.165) is 33.4 Å². The van der Waals surface area contributed by atoms with Gasteiger partial charge in [-0.1, -0.05) is 30.3 Å². The first-order valence-electron chi connectivity index (χ1n) is 9.54. The fraction of sp³-hybridized carbons (Fsp3) is 0.0870. The zero-order valence-electron chi connectivity index (χ0n) is 15.9. The number of anilines is 2. The summed E-state index contributed by atoms with van der Waals surface area (Å²) in [5.74, 6) is -0.163. The normalized spacial score (nSPS) is 13.3. The van der Waals surface area contributed by atoms with Crippen molar-refractivity contribution in [1.29, 1.82) is 0 Å². The number of para-hydroxylation sites is 1. The van der Waals surface area contributed by atoms with Crippen molar-refractivity contribution in [3.63, 3.8) is 0 Å².